The number of anilines is 3. The number of rotatable bonds is 4. The maximum absolute atomic E-state index is 13.1. The Morgan fingerprint density at radius 1 is 1.10 bits per heavy atom. The van der Waals surface area contributed by atoms with Gasteiger partial charge in [0.15, 0.2) is 5.78 Å². The van der Waals surface area contributed by atoms with Crippen molar-refractivity contribution in [3.8, 4) is 0 Å². The minimum atomic E-state index is -0.494. The highest BCUT2D eigenvalue weighted by molar-refractivity contribution is 6.31. The number of nitrogens with two attached hydrogens (primary N) is 1. The van der Waals surface area contributed by atoms with Crippen LogP contribution in [0.5, 0.6) is 0 Å². The number of carbonyl (C=O) groups excluding carboxylic acids is 2. The van der Waals surface area contributed by atoms with E-state index in [0.29, 0.717) is 33.0 Å². The number of aromatic nitrogens is 4. The third-order valence-electron chi connectivity index (χ3n) is 4.37. The van der Waals surface area contributed by atoms with Gasteiger partial charge in [-0.2, -0.15) is 0 Å². The fourth-order valence-corrected chi connectivity index (χ4v) is 3.24. The van der Waals surface area contributed by atoms with E-state index in [9.17, 15) is 9.59 Å². The number of nitrogen functional groups attached to an aromatic ring is 1. The first kappa shape index (κ1) is 19.3. The number of urea groups is 1. The predicted octanol–water partition coefficient (Wildman–Crippen LogP) is 3.47. The van der Waals surface area contributed by atoms with Gasteiger partial charge in [-0.3, -0.25) is 9.78 Å². The monoisotopic (exact) mass is 421 g/mol. The van der Waals surface area contributed by atoms with Gasteiger partial charge in [0.2, 0.25) is 0 Å². The minimum absolute atomic E-state index is 0.215. The Morgan fingerprint density at radius 3 is 2.70 bits per heavy atom. The topological polar surface area (TPSA) is 128 Å². The highest BCUT2D eigenvalue weighted by atomic mass is 35.5. The van der Waals surface area contributed by atoms with Gasteiger partial charge in [-0.1, -0.05) is 17.7 Å². The smallest absolute Gasteiger partial charge is 0.323 e. The highest BCUT2D eigenvalue weighted by Gasteiger charge is 2.20. The summed E-state index contributed by atoms with van der Waals surface area (Å²) in [5, 5.41) is 6.29. The van der Waals surface area contributed by atoms with Gasteiger partial charge in [0.05, 0.1) is 22.8 Å². The van der Waals surface area contributed by atoms with Gasteiger partial charge < -0.3 is 20.9 Å². The second-order valence-corrected chi connectivity index (χ2v) is 6.93. The first-order valence-electron chi connectivity index (χ1n) is 8.81. The summed E-state index contributed by atoms with van der Waals surface area (Å²) in [5.41, 5.74) is 8.03. The number of pyridine rings is 1. The summed E-state index contributed by atoms with van der Waals surface area (Å²) in [6.45, 7) is 0. The van der Waals surface area contributed by atoms with Crippen LogP contribution in [-0.4, -0.2) is 31.3 Å². The van der Waals surface area contributed by atoms with Gasteiger partial charge in [-0.05, 0) is 24.3 Å². The normalized spacial score (nSPS) is 10.7. The summed E-state index contributed by atoms with van der Waals surface area (Å²) >= 11 is 5.92. The van der Waals surface area contributed by atoms with Crippen molar-refractivity contribution in [2.24, 2.45) is 7.05 Å². The van der Waals surface area contributed by atoms with E-state index >= 15 is 0 Å². The van der Waals surface area contributed by atoms with Crippen LogP contribution in [0.15, 0.2) is 55.2 Å². The fraction of sp³-hybridized carbons (Fsp3) is 0.0500. The van der Waals surface area contributed by atoms with Crippen molar-refractivity contribution in [2.45, 2.75) is 0 Å². The molecule has 3 aromatic heterocycles. The molecule has 1 aromatic carbocycles. The quantitative estimate of drug-likeness (QED) is 0.433. The maximum atomic E-state index is 13.1. The molecule has 10 heteroatoms. The zero-order valence-corrected chi connectivity index (χ0v) is 16.5. The van der Waals surface area contributed by atoms with E-state index < -0.39 is 6.03 Å². The molecule has 4 rings (SSSR count). The Labute approximate surface area is 175 Å². The molecule has 0 spiro atoms. The van der Waals surface area contributed by atoms with E-state index in [1.807, 2.05) is 0 Å². The fourth-order valence-electron chi connectivity index (χ4n) is 3.05. The third kappa shape index (κ3) is 3.78. The van der Waals surface area contributed by atoms with Gasteiger partial charge in [-0.25, -0.2) is 14.8 Å². The van der Waals surface area contributed by atoms with Gasteiger partial charge in [0, 0.05) is 35.7 Å². The zero-order valence-electron chi connectivity index (χ0n) is 15.8. The van der Waals surface area contributed by atoms with Gasteiger partial charge in [0.1, 0.15) is 17.8 Å². The molecular weight excluding hydrogens is 406 g/mol. The number of hydrogen-bond acceptors (Lipinski definition) is 6. The molecular formula is C20H16ClN7O2. The van der Waals surface area contributed by atoms with Crippen LogP contribution in [-0.2, 0) is 7.05 Å². The Hall–Kier alpha value is -3.98. The van der Waals surface area contributed by atoms with E-state index in [-0.39, 0.29) is 17.2 Å². The molecule has 0 unspecified atom stereocenters. The van der Waals surface area contributed by atoms with Crippen molar-refractivity contribution in [3.05, 3.63) is 71.4 Å². The van der Waals surface area contributed by atoms with E-state index in [4.69, 9.17) is 17.3 Å². The summed E-state index contributed by atoms with van der Waals surface area (Å²) < 4.78 is 1.70. The molecule has 0 fully saturated rings. The Balaban J connectivity index is 1.58. The van der Waals surface area contributed by atoms with Crippen molar-refractivity contribution in [1.29, 1.82) is 0 Å². The molecule has 4 N–H and O–H groups in total. The maximum Gasteiger partial charge on any atom is 0.323 e. The average molecular weight is 422 g/mol. The molecule has 0 saturated heterocycles. The van der Waals surface area contributed by atoms with E-state index in [1.165, 1.54) is 24.8 Å². The van der Waals surface area contributed by atoms with Crippen molar-refractivity contribution < 1.29 is 9.59 Å². The van der Waals surface area contributed by atoms with Crippen LogP contribution in [0, 0.1) is 0 Å². The number of nitrogens with zero attached hydrogens (tertiary/aromatic N) is 4. The van der Waals surface area contributed by atoms with Crippen LogP contribution >= 0.6 is 11.6 Å². The molecule has 0 aliphatic rings. The zero-order chi connectivity index (χ0) is 21.3. The van der Waals surface area contributed by atoms with E-state index in [2.05, 4.69) is 25.6 Å². The number of nitrogens with one attached hydrogen (secondary N) is 2. The lowest BCUT2D eigenvalue weighted by molar-refractivity contribution is 0.103. The molecule has 0 aliphatic carbocycles. The largest absolute Gasteiger partial charge is 0.383 e. The molecule has 2 amide bonds. The minimum Gasteiger partial charge on any atom is -0.383 e. The molecule has 0 aliphatic heterocycles. The molecule has 4 aromatic rings. The van der Waals surface area contributed by atoms with Crippen LogP contribution in [0.2, 0.25) is 5.02 Å². The van der Waals surface area contributed by atoms with Crippen LogP contribution < -0.4 is 16.4 Å². The Kier molecular flexibility index (Phi) is 5.03. The van der Waals surface area contributed by atoms with Crippen LogP contribution in [0.4, 0.5) is 22.0 Å². The lowest BCUT2D eigenvalue weighted by Crippen LogP contribution is -2.19. The van der Waals surface area contributed by atoms with E-state index in [1.54, 1.807) is 42.1 Å². The second-order valence-electron chi connectivity index (χ2n) is 6.49. The number of benzene rings is 1. The highest BCUT2D eigenvalue weighted by Crippen LogP contribution is 2.26. The summed E-state index contributed by atoms with van der Waals surface area (Å²) in [7, 11) is 1.77. The lowest BCUT2D eigenvalue weighted by atomic mass is 10.1. The number of amides is 2. The molecule has 3 heterocycles. The summed E-state index contributed by atoms with van der Waals surface area (Å²) in [6.07, 6.45) is 5.84. The van der Waals surface area contributed by atoms with Gasteiger partial charge in [-0.15, -0.1) is 0 Å². The molecule has 0 bridgehead atoms. The molecule has 9 nitrogen and oxygen atoms in total. The lowest BCUT2D eigenvalue weighted by Gasteiger charge is -2.08. The Morgan fingerprint density at radius 2 is 1.90 bits per heavy atom. The number of carbonyl (C=O) groups is 2. The number of ketones is 1. The SMILES string of the molecule is Cn1cc(C(=O)c2cncc(NC(=O)Nc3cccc(Cl)c3)c2)c2c(N)ncnc21. The van der Waals surface area contributed by atoms with Crippen molar-refractivity contribution in [1.82, 2.24) is 19.5 Å². The van der Waals surface area contributed by atoms with Crippen molar-refractivity contribution >= 4 is 51.6 Å². The van der Waals surface area contributed by atoms with Gasteiger partial charge in [0.25, 0.3) is 0 Å². The molecule has 150 valence electrons. The van der Waals surface area contributed by atoms with E-state index in [0.717, 1.165) is 0 Å². The standard InChI is InChI=1S/C20H16ClN7O2/c1-28-9-15(16-18(22)24-10-25-19(16)28)17(29)11-5-14(8-23-7-11)27-20(30)26-13-4-2-3-12(21)6-13/h2-10H,1H3,(H2,22,24,25)(H2,26,27,30). The number of aryl methyl sites for hydroxylation is 1. The third-order valence-corrected chi connectivity index (χ3v) is 4.60. The van der Waals surface area contributed by atoms with Crippen molar-refractivity contribution in [3.63, 3.8) is 0 Å². The van der Waals surface area contributed by atoms with Crippen LogP contribution in [0.3, 0.4) is 0 Å². The first-order chi connectivity index (χ1) is 14.4. The molecule has 0 atom stereocenters. The number of fused-ring (bicyclic) bond motifs is 1. The van der Waals surface area contributed by atoms with Crippen LogP contribution in [0.25, 0.3) is 11.0 Å². The van der Waals surface area contributed by atoms with Crippen LogP contribution in [0.1, 0.15) is 15.9 Å². The molecule has 0 saturated carbocycles. The Bertz CT molecular complexity index is 1290. The first-order valence-corrected chi connectivity index (χ1v) is 9.19. The number of halogens is 1. The second kappa shape index (κ2) is 7.80. The van der Waals surface area contributed by atoms with Gasteiger partial charge >= 0.3 is 6.03 Å². The molecule has 30 heavy (non-hydrogen) atoms. The molecule has 0 radical (unpaired) electrons. The van der Waals surface area contributed by atoms with Crippen molar-refractivity contribution in [2.75, 3.05) is 16.4 Å². The predicted molar refractivity (Wildman–Crippen MR) is 115 cm³/mol. The average Bonchev–Trinajstić information content (AvgIpc) is 3.05. The summed E-state index contributed by atoms with van der Waals surface area (Å²) in [6, 6.07) is 7.79. The summed E-state index contributed by atoms with van der Waals surface area (Å²) in [4.78, 5) is 37.5. The summed E-state index contributed by atoms with van der Waals surface area (Å²) in [5.74, 6) is -0.0967. The number of hydrogen-bond donors (Lipinski definition) is 3.